The summed E-state index contributed by atoms with van der Waals surface area (Å²) in [5.74, 6) is 1.26. The van der Waals surface area contributed by atoms with Gasteiger partial charge in [0.15, 0.2) is 0 Å². The highest BCUT2D eigenvalue weighted by Gasteiger charge is 2.14. The van der Waals surface area contributed by atoms with Crippen molar-refractivity contribution < 1.29 is 9.47 Å². The maximum absolute atomic E-state index is 5.79. The molecule has 5 nitrogen and oxygen atoms in total. The normalized spacial score (nSPS) is 17.5. The van der Waals surface area contributed by atoms with Crippen LogP contribution in [0.3, 0.4) is 0 Å². The number of benzene rings is 1. The first-order valence-corrected chi connectivity index (χ1v) is 7.08. The fraction of sp³-hybridized carbons (Fsp3) is 0.312. The van der Waals surface area contributed by atoms with Gasteiger partial charge < -0.3 is 9.47 Å². The third-order valence-electron chi connectivity index (χ3n) is 3.13. The zero-order chi connectivity index (χ0) is 14.5. The van der Waals surface area contributed by atoms with E-state index in [0.29, 0.717) is 17.6 Å². The van der Waals surface area contributed by atoms with Crippen molar-refractivity contribution in [1.29, 1.82) is 0 Å². The lowest BCUT2D eigenvalue weighted by molar-refractivity contribution is 0.207. The lowest BCUT2D eigenvalue weighted by Gasteiger charge is -2.17. The first-order chi connectivity index (χ1) is 10.3. The first-order valence-electron chi connectivity index (χ1n) is 7.08. The number of para-hydroxylation sites is 1. The topological polar surface area (TPSA) is 57.1 Å². The van der Waals surface area contributed by atoms with Gasteiger partial charge >= 0.3 is 12.0 Å². The molecule has 1 aromatic heterocycles. The van der Waals surface area contributed by atoms with Crippen LogP contribution in [-0.4, -0.2) is 21.1 Å². The Morgan fingerprint density at radius 3 is 2.62 bits per heavy atom. The Hall–Kier alpha value is -2.43. The van der Waals surface area contributed by atoms with Crippen LogP contribution in [0.2, 0.25) is 0 Å². The highest BCUT2D eigenvalue weighted by Crippen LogP contribution is 2.20. The molecule has 1 aliphatic carbocycles. The van der Waals surface area contributed by atoms with Gasteiger partial charge in [-0.1, -0.05) is 24.3 Å². The van der Waals surface area contributed by atoms with Gasteiger partial charge in [0.1, 0.15) is 17.7 Å². The number of nitrogens with zero attached hydrogens (tertiary/aromatic N) is 3. The van der Waals surface area contributed by atoms with E-state index in [1.165, 1.54) is 0 Å². The Kier molecular flexibility index (Phi) is 4.09. The molecular formula is C16H17N3O2. The number of allylic oxidation sites excluding steroid dienone is 1. The molecule has 108 valence electrons. The summed E-state index contributed by atoms with van der Waals surface area (Å²) in [7, 11) is 0. The molecule has 1 atom stereocenters. The summed E-state index contributed by atoms with van der Waals surface area (Å²) in [6.45, 7) is 1.79. The zero-order valence-corrected chi connectivity index (χ0v) is 11.9. The van der Waals surface area contributed by atoms with Crippen LogP contribution in [0.5, 0.6) is 17.8 Å². The summed E-state index contributed by atoms with van der Waals surface area (Å²) in [5.41, 5.74) is 0. The second kappa shape index (κ2) is 6.35. The summed E-state index contributed by atoms with van der Waals surface area (Å²) in [6, 6.07) is 9.98. The third kappa shape index (κ3) is 3.78. The van der Waals surface area contributed by atoms with E-state index in [1.54, 1.807) is 6.92 Å². The second-order valence-corrected chi connectivity index (χ2v) is 4.88. The number of ether oxygens (including phenoxy) is 2. The quantitative estimate of drug-likeness (QED) is 0.804. The molecule has 0 saturated carbocycles. The Balaban J connectivity index is 1.76. The summed E-state index contributed by atoms with van der Waals surface area (Å²) in [6.07, 6.45) is 7.43. The monoisotopic (exact) mass is 283 g/mol. The van der Waals surface area contributed by atoms with Crippen molar-refractivity contribution in [3.05, 3.63) is 48.3 Å². The van der Waals surface area contributed by atoms with Crippen molar-refractivity contribution in [2.24, 2.45) is 0 Å². The van der Waals surface area contributed by atoms with Gasteiger partial charge in [-0.2, -0.15) is 9.97 Å². The van der Waals surface area contributed by atoms with E-state index in [9.17, 15) is 0 Å². The molecule has 0 aliphatic heterocycles. The van der Waals surface area contributed by atoms with E-state index < -0.39 is 0 Å². The molecule has 1 aliphatic rings. The van der Waals surface area contributed by atoms with Gasteiger partial charge in [-0.25, -0.2) is 0 Å². The highest BCUT2D eigenvalue weighted by atomic mass is 16.5. The summed E-state index contributed by atoms with van der Waals surface area (Å²) in [4.78, 5) is 12.6. The number of hydrogen-bond acceptors (Lipinski definition) is 5. The maximum atomic E-state index is 5.79. The molecule has 0 fully saturated rings. The van der Waals surface area contributed by atoms with Crippen LogP contribution < -0.4 is 9.47 Å². The van der Waals surface area contributed by atoms with Gasteiger partial charge in [-0.15, -0.1) is 4.98 Å². The van der Waals surface area contributed by atoms with Crippen LogP contribution in [0.1, 0.15) is 25.1 Å². The Morgan fingerprint density at radius 2 is 1.86 bits per heavy atom. The molecule has 1 aromatic carbocycles. The van der Waals surface area contributed by atoms with Gasteiger partial charge in [-0.05, 0) is 44.4 Å². The number of aryl methyl sites for hydroxylation is 1. The Morgan fingerprint density at radius 1 is 1.05 bits per heavy atom. The minimum atomic E-state index is 0.0325. The Bertz CT molecular complexity index is 629. The third-order valence-corrected chi connectivity index (χ3v) is 3.13. The van der Waals surface area contributed by atoms with E-state index in [-0.39, 0.29) is 12.1 Å². The largest absolute Gasteiger partial charge is 0.456 e. The van der Waals surface area contributed by atoms with Crippen LogP contribution in [0, 0.1) is 6.92 Å². The molecule has 0 radical (unpaired) electrons. The van der Waals surface area contributed by atoms with Crippen molar-refractivity contribution in [3.8, 4) is 17.8 Å². The van der Waals surface area contributed by atoms with Gasteiger partial charge in [0, 0.05) is 0 Å². The average molecular weight is 283 g/mol. The Labute approximate surface area is 123 Å². The number of hydrogen-bond donors (Lipinski definition) is 0. The fourth-order valence-corrected chi connectivity index (χ4v) is 2.14. The minimum absolute atomic E-state index is 0.0325. The molecule has 0 N–H and O–H groups in total. The smallest absolute Gasteiger partial charge is 0.328 e. The van der Waals surface area contributed by atoms with Crippen LogP contribution in [-0.2, 0) is 0 Å². The van der Waals surface area contributed by atoms with Crippen molar-refractivity contribution in [2.45, 2.75) is 32.3 Å². The van der Waals surface area contributed by atoms with Gasteiger partial charge in [0.2, 0.25) is 0 Å². The van der Waals surface area contributed by atoms with Crippen LogP contribution in [0.15, 0.2) is 42.5 Å². The maximum Gasteiger partial charge on any atom is 0.328 e. The van der Waals surface area contributed by atoms with Crippen molar-refractivity contribution in [1.82, 2.24) is 15.0 Å². The zero-order valence-electron chi connectivity index (χ0n) is 11.9. The van der Waals surface area contributed by atoms with Crippen molar-refractivity contribution in [2.75, 3.05) is 0 Å². The minimum Gasteiger partial charge on any atom is -0.456 e. The fourth-order valence-electron chi connectivity index (χ4n) is 2.14. The predicted octanol–water partition coefficient (Wildman–Crippen LogP) is 3.46. The molecular weight excluding hydrogens is 266 g/mol. The van der Waals surface area contributed by atoms with Gasteiger partial charge in [-0.3, -0.25) is 0 Å². The standard InChI is InChI=1S/C16H17N3O2/c1-12-17-15(20-13-8-4-2-5-9-13)19-16(18-12)21-14-10-6-3-7-11-14/h2,4-6,8-10,14H,3,7,11H2,1H3. The summed E-state index contributed by atoms with van der Waals surface area (Å²) < 4.78 is 11.4. The molecule has 3 rings (SSSR count). The van der Waals surface area contributed by atoms with E-state index >= 15 is 0 Å². The molecule has 21 heavy (non-hydrogen) atoms. The molecule has 1 heterocycles. The summed E-state index contributed by atoms with van der Waals surface area (Å²) >= 11 is 0. The van der Waals surface area contributed by atoms with Crippen LogP contribution in [0.25, 0.3) is 0 Å². The predicted molar refractivity (Wildman–Crippen MR) is 78.5 cm³/mol. The first kappa shape index (κ1) is 13.5. The van der Waals surface area contributed by atoms with Gasteiger partial charge in [0.05, 0.1) is 0 Å². The van der Waals surface area contributed by atoms with Crippen LogP contribution >= 0.6 is 0 Å². The van der Waals surface area contributed by atoms with Gasteiger partial charge in [0.25, 0.3) is 0 Å². The molecule has 0 saturated heterocycles. The van der Waals surface area contributed by atoms with E-state index in [0.717, 1.165) is 19.3 Å². The summed E-state index contributed by atoms with van der Waals surface area (Å²) in [5, 5.41) is 0. The SMILES string of the molecule is Cc1nc(Oc2ccccc2)nc(OC2C=CCCC2)n1. The highest BCUT2D eigenvalue weighted by molar-refractivity contribution is 5.24. The van der Waals surface area contributed by atoms with Crippen molar-refractivity contribution >= 4 is 0 Å². The van der Waals surface area contributed by atoms with Crippen LogP contribution in [0.4, 0.5) is 0 Å². The van der Waals surface area contributed by atoms with E-state index in [4.69, 9.17) is 9.47 Å². The molecule has 1 unspecified atom stereocenters. The van der Waals surface area contributed by atoms with E-state index in [1.807, 2.05) is 30.3 Å². The lowest BCUT2D eigenvalue weighted by Crippen LogP contribution is -2.17. The number of aromatic nitrogens is 3. The van der Waals surface area contributed by atoms with E-state index in [2.05, 4.69) is 27.1 Å². The average Bonchev–Trinajstić information content (AvgIpc) is 2.48. The molecule has 0 spiro atoms. The second-order valence-electron chi connectivity index (χ2n) is 4.88. The number of rotatable bonds is 4. The molecule has 0 amide bonds. The molecule has 0 bridgehead atoms. The molecule has 2 aromatic rings. The lowest BCUT2D eigenvalue weighted by atomic mass is 10.1. The molecule has 5 heteroatoms. The van der Waals surface area contributed by atoms with Crippen molar-refractivity contribution in [3.63, 3.8) is 0 Å².